The summed E-state index contributed by atoms with van der Waals surface area (Å²) in [5.74, 6) is -3.79. The molecule has 0 bridgehead atoms. The maximum Gasteiger partial charge on any atom is 0.357 e. The van der Waals surface area contributed by atoms with Crippen molar-refractivity contribution in [3.63, 3.8) is 0 Å². The summed E-state index contributed by atoms with van der Waals surface area (Å²) in [6.07, 6.45) is -1.90. The van der Waals surface area contributed by atoms with E-state index < -0.39 is 36.4 Å². The van der Waals surface area contributed by atoms with Crippen molar-refractivity contribution in [2.45, 2.75) is 18.4 Å². The molecule has 0 fully saturated rings. The van der Waals surface area contributed by atoms with Crippen molar-refractivity contribution < 1.29 is 32.4 Å². The highest BCUT2D eigenvalue weighted by molar-refractivity contribution is 6.16. The summed E-state index contributed by atoms with van der Waals surface area (Å²) in [7, 11) is 0. The molecule has 0 atom stereocenters. The van der Waals surface area contributed by atoms with Gasteiger partial charge in [-0.3, -0.25) is 9.59 Å². The van der Waals surface area contributed by atoms with Crippen molar-refractivity contribution in [1.29, 1.82) is 0 Å². The van der Waals surface area contributed by atoms with Crippen LogP contribution < -0.4 is 0 Å². The van der Waals surface area contributed by atoms with Crippen molar-refractivity contribution in [3.8, 4) is 0 Å². The Labute approximate surface area is 105 Å². The molecule has 0 rings (SSSR count). The Morgan fingerprint density at radius 1 is 0.938 bits per heavy atom. The molecule has 0 amide bonds. The highest BCUT2D eigenvalue weighted by Gasteiger charge is 2.43. The van der Waals surface area contributed by atoms with Crippen LogP contribution in [0.5, 0.6) is 0 Å². The van der Waals surface area contributed by atoms with Gasteiger partial charge in [0, 0.05) is 0 Å². The maximum atomic E-state index is 11.0. The molecule has 0 aliphatic heterocycles. The topological polar surface area (TPSA) is 99.1 Å². The van der Waals surface area contributed by atoms with Gasteiger partial charge in [0.2, 0.25) is 0 Å². The number of halogens is 3. The molecule has 10 heteroatoms. The van der Waals surface area contributed by atoms with E-state index in [0.29, 0.717) is 0 Å². The minimum absolute atomic E-state index is 0.950. The van der Waals surface area contributed by atoms with Crippen molar-refractivity contribution in [2.75, 3.05) is 0 Å². The Balaban J connectivity index is 4.81. The Morgan fingerprint density at radius 3 is 1.56 bits per heavy atom. The van der Waals surface area contributed by atoms with Crippen LogP contribution in [0.2, 0.25) is 0 Å². The molecule has 0 aliphatic carbocycles. The summed E-state index contributed by atoms with van der Waals surface area (Å²) >= 11 is 14.1. The lowest BCUT2D eigenvalue weighted by atomic mass is 9.96. The number of hydrogen-bond donors (Lipinski definition) is 1. The zero-order valence-electron chi connectivity index (χ0n) is 7.44. The minimum atomic E-state index is -2.56. The molecule has 0 aliphatic rings. The van der Waals surface area contributed by atoms with Crippen LogP contribution in [0.3, 0.4) is 0 Å². The third kappa shape index (κ3) is 4.40. The summed E-state index contributed by atoms with van der Waals surface area (Å²) in [5.41, 5.74) is -2.56. The number of carbonyl (C=O) groups is 3. The highest BCUT2D eigenvalue weighted by Crippen LogP contribution is 2.20. The molecule has 16 heavy (non-hydrogen) atoms. The number of hydrogen-bond acceptors (Lipinski definition) is 7. The van der Waals surface area contributed by atoms with Crippen LogP contribution in [0, 0.1) is 0 Å². The second-order valence-electron chi connectivity index (χ2n) is 2.65. The van der Waals surface area contributed by atoms with Crippen LogP contribution in [0.4, 0.5) is 0 Å². The van der Waals surface area contributed by atoms with E-state index in [9.17, 15) is 19.5 Å². The molecule has 0 heterocycles. The van der Waals surface area contributed by atoms with Gasteiger partial charge in [-0.15, -0.1) is 0 Å². The fourth-order valence-corrected chi connectivity index (χ4v) is 1.06. The molecule has 0 aromatic heterocycles. The molecule has 0 saturated heterocycles. The normalized spacial score (nSPS) is 10.5. The lowest BCUT2D eigenvalue weighted by Gasteiger charge is -2.20. The van der Waals surface area contributed by atoms with Crippen molar-refractivity contribution in [1.82, 2.24) is 0 Å². The molecule has 0 unspecified atom stereocenters. The second kappa shape index (κ2) is 6.74. The summed E-state index contributed by atoms with van der Waals surface area (Å²) < 4.78 is 11.1. The molecule has 0 radical (unpaired) electrons. The van der Waals surface area contributed by atoms with Gasteiger partial charge in [0.25, 0.3) is 0 Å². The maximum absolute atomic E-state index is 11.0. The van der Waals surface area contributed by atoms with Crippen LogP contribution in [0.25, 0.3) is 0 Å². The van der Waals surface area contributed by atoms with E-state index >= 15 is 0 Å². The molecule has 0 saturated carbocycles. The lowest BCUT2D eigenvalue weighted by molar-refractivity contribution is -0.166. The molecule has 0 spiro atoms. The Hall–Kier alpha value is -0.760. The average molecular weight is 295 g/mol. The van der Waals surface area contributed by atoms with E-state index in [1.165, 1.54) is 0 Å². The van der Waals surface area contributed by atoms with Crippen LogP contribution in [0.1, 0.15) is 12.8 Å². The van der Waals surface area contributed by atoms with E-state index in [1.807, 2.05) is 0 Å². The van der Waals surface area contributed by atoms with Crippen LogP contribution in [-0.2, 0) is 27.3 Å². The van der Waals surface area contributed by atoms with Gasteiger partial charge in [-0.2, -0.15) is 0 Å². The summed E-state index contributed by atoms with van der Waals surface area (Å²) in [6.45, 7) is 0. The minimum Gasteiger partial charge on any atom is -0.377 e. The molecule has 7 nitrogen and oxygen atoms in total. The SMILES string of the molecule is O=C(CC(O)(CC(=O)OCl)C(=O)OCl)OCl. The van der Waals surface area contributed by atoms with Crippen molar-refractivity contribution in [3.05, 3.63) is 0 Å². The fourth-order valence-electron chi connectivity index (χ4n) is 0.811. The van der Waals surface area contributed by atoms with Gasteiger partial charge >= 0.3 is 17.9 Å². The van der Waals surface area contributed by atoms with Crippen LogP contribution in [-0.4, -0.2) is 28.6 Å². The Kier molecular flexibility index (Phi) is 6.42. The standard InChI is InChI=1S/C6H5Cl3O7/c7-14-3(10)1-6(13,5(12)16-9)2-4(11)15-8/h13H,1-2H2. The first-order valence-corrected chi connectivity index (χ1v) is 4.50. The van der Waals surface area contributed by atoms with Crippen LogP contribution in [0.15, 0.2) is 0 Å². The first kappa shape index (κ1) is 15.2. The summed E-state index contributed by atoms with van der Waals surface area (Å²) in [5, 5.41) is 9.60. The third-order valence-corrected chi connectivity index (χ3v) is 1.98. The third-order valence-electron chi connectivity index (χ3n) is 1.50. The van der Waals surface area contributed by atoms with E-state index in [2.05, 4.69) is 36.6 Å². The Bertz CT molecular complexity index is 274. The Morgan fingerprint density at radius 2 is 1.31 bits per heavy atom. The van der Waals surface area contributed by atoms with E-state index in [1.54, 1.807) is 0 Å². The summed E-state index contributed by atoms with van der Waals surface area (Å²) in [6, 6.07) is 0. The fraction of sp³-hybridized carbons (Fsp3) is 0.500. The van der Waals surface area contributed by atoms with E-state index in [0.717, 1.165) is 0 Å². The zero-order valence-corrected chi connectivity index (χ0v) is 9.71. The van der Waals surface area contributed by atoms with Gasteiger partial charge in [0.15, 0.2) is 5.60 Å². The van der Waals surface area contributed by atoms with Crippen molar-refractivity contribution >= 4 is 53.5 Å². The number of aliphatic hydroxyl groups is 1. The van der Waals surface area contributed by atoms with E-state index in [4.69, 9.17) is 11.9 Å². The predicted octanol–water partition coefficient (Wildman–Crippen LogP) is 0.589. The average Bonchev–Trinajstić information content (AvgIpc) is 2.27. The molecular weight excluding hydrogens is 290 g/mol. The van der Waals surface area contributed by atoms with Crippen molar-refractivity contribution in [2.24, 2.45) is 0 Å². The number of carbonyl (C=O) groups excluding carboxylic acids is 3. The summed E-state index contributed by atoms with van der Waals surface area (Å²) in [4.78, 5) is 32.6. The molecule has 0 aromatic rings. The van der Waals surface area contributed by atoms with Gasteiger partial charge in [-0.05, 0) is 0 Å². The first-order valence-electron chi connectivity index (χ1n) is 3.58. The van der Waals surface area contributed by atoms with Gasteiger partial charge in [-0.1, -0.05) is 0 Å². The van der Waals surface area contributed by atoms with Crippen LogP contribution >= 0.6 is 35.6 Å². The quantitative estimate of drug-likeness (QED) is 0.792. The van der Waals surface area contributed by atoms with E-state index in [-0.39, 0.29) is 0 Å². The highest BCUT2D eigenvalue weighted by atomic mass is 35.5. The first-order chi connectivity index (χ1) is 7.39. The van der Waals surface area contributed by atoms with Gasteiger partial charge < -0.3 is 18.0 Å². The molecule has 0 aromatic carbocycles. The predicted molar refractivity (Wildman–Crippen MR) is 50.0 cm³/mol. The molecule has 92 valence electrons. The molecular formula is C6H5Cl3O7. The van der Waals surface area contributed by atoms with Gasteiger partial charge in [-0.25, -0.2) is 4.79 Å². The smallest absolute Gasteiger partial charge is 0.357 e. The monoisotopic (exact) mass is 294 g/mol. The largest absolute Gasteiger partial charge is 0.377 e. The van der Waals surface area contributed by atoms with Gasteiger partial charge in [0.05, 0.1) is 12.8 Å². The lowest BCUT2D eigenvalue weighted by Crippen LogP contribution is -2.43. The zero-order chi connectivity index (χ0) is 12.8. The molecule has 1 N–H and O–H groups in total. The van der Waals surface area contributed by atoms with Gasteiger partial charge in [0.1, 0.15) is 35.6 Å². The number of rotatable bonds is 5. The second-order valence-corrected chi connectivity index (χ2v) is 3.11.